The highest BCUT2D eigenvalue weighted by Crippen LogP contribution is 2.42. The molecule has 4 aromatic rings. The molecule has 1 aliphatic rings. The summed E-state index contributed by atoms with van der Waals surface area (Å²) >= 11 is 3.33. The van der Waals surface area contributed by atoms with E-state index in [1.54, 1.807) is 54.6 Å². The average molecular weight is 492 g/mol. The molecule has 6 nitrogen and oxygen atoms in total. The summed E-state index contributed by atoms with van der Waals surface area (Å²) in [7, 11) is 0. The Morgan fingerprint density at radius 3 is 2.41 bits per heavy atom. The largest absolute Gasteiger partial charge is 0.507 e. The summed E-state index contributed by atoms with van der Waals surface area (Å²) in [6.07, 6.45) is 0. The number of nitrogens with one attached hydrogen (secondary N) is 1. The summed E-state index contributed by atoms with van der Waals surface area (Å²) in [6, 6.07) is 18.4. The Balaban J connectivity index is 1.75. The van der Waals surface area contributed by atoms with Crippen LogP contribution in [0, 0.1) is 5.82 Å². The number of carbonyl (C=O) groups is 2. The van der Waals surface area contributed by atoms with E-state index in [4.69, 9.17) is 0 Å². The second-order valence-electron chi connectivity index (χ2n) is 7.28. The average Bonchev–Trinajstić information content (AvgIpc) is 3.33. The molecule has 1 saturated heterocycles. The number of aromatic amines is 1. The molecule has 0 radical (unpaired) electrons. The number of H-pyrrole nitrogens is 1. The lowest BCUT2D eigenvalue weighted by molar-refractivity contribution is -0.132. The number of halogens is 2. The molecule has 1 fully saturated rings. The van der Waals surface area contributed by atoms with E-state index in [2.05, 4.69) is 25.9 Å². The maximum atomic E-state index is 14.9. The topological polar surface area (TPSA) is 86.3 Å². The zero-order valence-corrected chi connectivity index (χ0v) is 18.0. The van der Waals surface area contributed by atoms with Crippen LogP contribution < -0.4 is 4.90 Å². The molecule has 0 bridgehead atoms. The number of fused-ring (bicyclic) bond motifs is 1. The molecule has 2 N–H and O–H groups in total. The number of carbonyl (C=O) groups excluding carboxylic acids is 2. The Bertz CT molecular complexity index is 1380. The Morgan fingerprint density at radius 2 is 1.69 bits per heavy atom. The molecule has 158 valence electrons. The van der Waals surface area contributed by atoms with E-state index in [-0.39, 0.29) is 22.8 Å². The molecule has 1 amide bonds. The van der Waals surface area contributed by atoms with Gasteiger partial charge >= 0.3 is 5.91 Å². The molecule has 5 rings (SSSR count). The Kier molecular flexibility index (Phi) is 4.86. The minimum Gasteiger partial charge on any atom is -0.507 e. The quantitative estimate of drug-likeness (QED) is 0.237. The van der Waals surface area contributed by atoms with Crippen molar-refractivity contribution in [3.63, 3.8) is 0 Å². The van der Waals surface area contributed by atoms with Crippen molar-refractivity contribution in [2.45, 2.75) is 6.04 Å². The van der Waals surface area contributed by atoms with Gasteiger partial charge in [-0.25, -0.2) is 9.37 Å². The lowest BCUT2D eigenvalue weighted by atomic mass is 9.95. The van der Waals surface area contributed by atoms with Crippen LogP contribution in [-0.2, 0) is 9.59 Å². The minimum absolute atomic E-state index is 0.0748. The van der Waals surface area contributed by atoms with Gasteiger partial charge in [0.05, 0.1) is 16.6 Å². The van der Waals surface area contributed by atoms with Gasteiger partial charge in [0, 0.05) is 15.6 Å². The molecule has 1 atom stereocenters. The smallest absolute Gasteiger partial charge is 0.302 e. The van der Waals surface area contributed by atoms with E-state index in [1.165, 1.54) is 18.2 Å². The molecule has 8 heteroatoms. The van der Waals surface area contributed by atoms with Gasteiger partial charge in [-0.2, -0.15) is 0 Å². The number of amides is 1. The molecule has 0 spiro atoms. The Labute approximate surface area is 190 Å². The number of aliphatic hydroxyl groups is 1. The van der Waals surface area contributed by atoms with E-state index in [1.807, 2.05) is 0 Å². The standard InChI is InChI=1S/C24H15BrFN3O3/c25-14-11-9-13(10-12-14)21(30)19-20(15-5-1-2-6-16(15)26)29(23(32)22(19)31)24-27-17-7-3-4-8-18(17)28-24/h1-12,20,30H,(H,27,28)/b21-19+. The van der Waals surface area contributed by atoms with Gasteiger partial charge in [0.1, 0.15) is 17.6 Å². The minimum atomic E-state index is -1.19. The maximum Gasteiger partial charge on any atom is 0.302 e. The SMILES string of the molecule is O=C1C(=O)N(c2nc3ccccc3[nH]2)C(c2ccccc2F)/C1=C(\O)c1ccc(Br)cc1. The fraction of sp³-hybridized carbons (Fsp3) is 0.0417. The summed E-state index contributed by atoms with van der Waals surface area (Å²) in [4.78, 5) is 34.8. The second-order valence-corrected chi connectivity index (χ2v) is 8.19. The van der Waals surface area contributed by atoms with Gasteiger partial charge in [0.2, 0.25) is 5.95 Å². The van der Waals surface area contributed by atoms with Crippen LogP contribution in [0.1, 0.15) is 17.2 Å². The number of ketones is 1. The number of aromatic nitrogens is 2. The number of hydrogen-bond donors (Lipinski definition) is 2. The molecule has 32 heavy (non-hydrogen) atoms. The normalized spacial score (nSPS) is 17.9. The summed E-state index contributed by atoms with van der Waals surface area (Å²) in [6.45, 7) is 0. The molecule has 3 aromatic carbocycles. The van der Waals surface area contributed by atoms with Crippen LogP contribution in [0.5, 0.6) is 0 Å². The first-order chi connectivity index (χ1) is 15.5. The molecular weight excluding hydrogens is 477 g/mol. The summed E-state index contributed by atoms with van der Waals surface area (Å²) in [5, 5.41) is 11.0. The molecule has 1 aromatic heterocycles. The molecule has 2 heterocycles. The van der Waals surface area contributed by atoms with Crippen molar-refractivity contribution in [2.75, 3.05) is 4.90 Å². The lowest BCUT2D eigenvalue weighted by Crippen LogP contribution is -2.30. The Hall–Kier alpha value is -3.78. The monoisotopic (exact) mass is 491 g/mol. The first-order valence-electron chi connectivity index (χ1n) is 9.72. The number of Topliss-reactive ketones (excluding diaryl/α,β-unsaturated/α-hetero) is 1. The highest BCUT2D eigenvalue weighted by Gasteiger charge is 2.49. The molecule has 1 unspecified atom stereocenters. The predicted octanol–water partition coefficient (Wildman–Crippen LogP) is 5.09. The van der Waals surface area contributed by atoms with E-state index in [9.17, 15) is 19.1 Å². The summed E-state index contributed by atoms with van der Waals surface area (Å²) in [5.74, 6) is -2.73. The van der Waals surface area contributed by atoms with Crippen molar-refractivity contribution in [3.05, 3.63) is 99.8 Å². The third-order valence-corrected chi connectivity index (χ3v) is 5.90. The number of aliphatic hydroxyl groups excluding tert-OH is 1. The van der Waals surface area contributed by atoms with E-state index < -0.39 is 23.5 Å². The highest BCUT2D eigenvalue weighted by atomic mass is 79.9. The maximum absolute atomic E-state index is 14.9. The fourth-order valence-electron chi connectivity index (χ4n) is 3.86. The molecule has 0 saturated carbocycles. The predicted molar refractivity (Wildman–Crippen MR) is 121 cm³/mol. The molecule has 1 aliphatic heterocycles. The van der Waals surface area contributed by atoms with Crippen LogP contribution in [0.25, 0.3) is 16.8 Å². The second kappa shape index (κ2) is 7.72. The van der Waals surface area contributed by atoms with Crippen molar-refractivity contribution in [1.29, 1.82) is 0 Å². The highest BCUT2D eigenvalue weighted by molar-refractivity contribution is 9.10. The first-order valence-corrected chi connectivity index (χ1v) is 10.5. The number of para-hydroxylation sites is 2. The van der Waals surface area contributed by atoms with Crippen LogP contribution in [0.2, 0.25) is 0 Å². The van der Waals surface area contributed by atoms with E-state index >= 15 is 0 Å². The number of nitrogens with zero attached hydrogens (tertiary/aromatic N) is 2. The fourth-order valence-corrected chi connectivity index (χ4v) is 4.12. The number of imidazole rings is 1. The number of rotatable bonds is 3. The molecule has 0 aliphatic carbocycles. The van der Waals surface area contributed by atoms with Gasteiger partial charge in [-0.15, -0.1) is 0 Å². The first kappa shape index (κ1) is 20.1. The Morgan fingerprint density at radius 1 is 1.00 bits per heavy atom. The summed E-state index contributed by atoms with van der Waals surface area (Å²) in [5.41, 5.74) is 1.44. The van der Waals surface area contributed by atoms with Crippen LogP contribution in [0.15, 0.2) is 82.8 Å². The van der Waals surface area contributed by atoms with Gasteiger partial charge in [-0.3, -0.25) is 14.5 Å². The van der Waals surface area contributed by atoms with E-state index in [0.29, 0.717) is 16.6 Å². The van der Waals surface area contributed by atoms with Crippen LogP contribution in [0.4, 0.5) is 10.3 Å². The zero-order chi connectivity index (χ0) is 22.4. The lowest BCUT2D eigenvalue weighted by Gasteiger charge is -2.23. The van der Waals surface area contributed by atoms with Gasteiger partial charge in [-0.05, 0) is 30.3 Å². The summed E-state index contributed by atoms with van der Waals surface area (Å²) < 4.78 is 15.7. The van der Waals surface area contributed by atoms with Crippen molar-refractivity contribution in [3.8, 4) is 0 Å². The van der Waals surface area contributed by atoms with Gasteiger partial charge in [-0.1, -0.05) is 58.4 Å². The number of benzene rings is 3. The van der Waals surface area contributed by atoms with Crippen molar-refractivity contribution >= 4 is 50.4 Å². The van der Waals surface area contributed by atoms with Crippen LogP contribution >= 0.6 is 15.9 Å². The van der Waals surface area contributed by atoms with Gasteiger partial charge < -0.3 is 10.1 Å². The van der Waals surface area contributed by atoms with Crippen molar-refractivity contribution < 1.29 is 19.1 Å². The van der Waals surface area contributed by atoms with Crippen molar-refractivity contribution in [1.82, 2.24) is 9.97 Å². The van der Waals surface area contributed by atoms with Crippen LogP contribution in [-0.4, -0.2) is 26.8 Å². The molecular formula is C24H15BrFN3O3. The number of hydrogen-bond acceptors (Lipinski definition) is 4. The third-order valence-electron chi connectivity index (χ3n) is 5.37. The number of anilines is 1. The van der Waals surface area contributed by atoms with Crippen molar-refractivity contribution in [2.24, 2.45) is 0 Å². The van der Waals surface area contributed by atoms with E-state index in [0.717, 1.165) is 9.37 Å². The van der Waals surface area contributed by atoms with Gasteiger partial charge in [0.25, 0.3) is 5.78 Å². The van der Waals surface area contributed by atoms with Crippen LogP contribution in [0.3, 0.4) is 0 Å². The zero-order valence-electron chi connectivity index (χ0n) is 16.4. The third kappa shape index (κ3) is 3.20. The van der Waals surface area contributed by atoms with Gasteiger partial charge in [0.15, 0.2) is 0 Å².